The molecule has 0 bridgehead atoms. The molecule has 0 unspecified atom stereocenters. The van der Waals surface area contributed by atoms with Crippen LogP contribution in [0.4, 0.5) is 15.9 Å². The summed E-state index contributed by atoms with van der Waals surface area (Å²) < 4.78 is 30.8. The number of nitrogens with one attached hydrogen (secondary N) is 1. The van der Waals surface area contributed by atoms with Crippen LogP contribution in [0.1, 0.15) is 15.9 Å². The van der Waals surface area contributed by atoms with Crippen LogP contribution >= 0.6 is 0 Å². The zero-order valence-electron chi connectivity index (χ0n) is 17.2. The molecule has 1 fully saturated rings. The van der Waals surface area contributed by atoms with E-state index in [1.807, 2.05) is 6.92 Å². The molecule has 0 aliphatic carbocycles. The normalized spacial score (nSPS) is 15.5. The molecule has 1 N–H and O–H groups in total. The van der Waals surface area contributed by atoms with E-state index in [4.69, 9.17) is 14.2 Å². The van der Waals surface area contributed by atoms with Crippen molar-refractivity contribution < 1.29 is 23.4 Å². The van der Waals surface area contributed by atoms with Gasteiger partial charge < -0.3 is 19.5 Å². The number of carbonyl (C=O) groups excluding carboxylic acids is 1. The maximum Gasteiger partial charge on any atom is 0.255 e. The van der Waals surface area contributed by atoms with Crippen LogP contribution in [0.25, 0.3) is 11.4 Å². The summed E-state index contributed by atoms with van der Waals surface area (Å²) in [6.45, 7) is 3.23. The minimum absolute atomic E-state index is 0.128. The number of fused-ring (bicyclic) bond motifs is 1. The molecule has 164 valence electrons. The van der Waals surface area contributed by atoms with E-state index in [0.29, 0.717) is 41.6 Å². The summed E-state index contributed by atoms with van der Waals surface area (Å²) in [5.41, 5.74) is 2.08. The zero-order valence-corrected chi connectivity index (χ0v) is 17.2. The van der Waals surface area contributed by atoms with E-state index < -0.39 is 12.1 Å². The average Bonchev–Trinajstić information content (AvgIpc) is 3.48. The fourth-order valence-corrected chi connectivity index (χ4v) is 3.57. The quantitative estimate of drug-likeness (QED) is 0.650. The Balaban J connectivity index is 1.45. The molecule has 1 aromatic carbocycles. The summed E-state index contributed by atoms with van der Waals surface area (Å²) in [6.07, 6.45) is 4.10. The van der Waals surface area contributed by atoms with Crippen LogP contribution in [0.3, 0.4) is 0 Å². The molecule has 2 aliphatic rings. The molecule has 1 amide bonds. The molecule has 0 saturated carbocycles. The Morgan fingerprint density at radius 3 is 2.94 bits per heavy atom. The summed E-state index contributed by atoms with van der Waals surface area (Å²) in [4.78, 5) is 27.5. The van der Waals surface area contributed by atoms with Gasteiger partial charge in [0.1, 0.15) is 5.82 Å². The van der Waals surface area contributed by atoms with E-state index in [-0.39, 0.29) is 25.0 Å². The van der Waals surface area contributed by atoms with Gasteiger partial charge in [-0.3, -0.25) is 14.7 Å². The van der Waals surface area contributed by atoms with E-state index in [1.54, 1.807) is 29.3 Å². The van der Waals surface area contributed by atoms with Crippen molar-refractivity contribution in [1.82, 2.24) is 20.3 Å². The van der Waals surface area contributed by atoms with Crippen molar-refractivity contribution in [2.24, 2.45) is 0 Å². The van der Waals surface area contributed by atoms with Gasteiger partial charge in [0.15, 0.2) is 30.4 Å². The number of hydrogen-bond acceptors (Lipinski definition) is 8. The Morgan fingerprint density at radius 1 is 1.25 bits per heavy atom. The minimum Gasteiger partial charge on any atom is -0.467 e. The maximum absolute atomic E-state index is 14.4. The largest absolute Gasteiger partial charge is 0.467 e. The van der Waals surface area contributed by atoms with Gasteiger partial charge >= 0.3 is 0 Å². The second kappa shape index (κ2) is 8.48. The van der Waals surface area contributed by atoms with Crippen molar-refractivity contribution in [1.29, 1.82) is 0 Å². The van der Waals surface area contributed by atoms with Gasteiger partial charge in [-0.2, -0.15) is 0 Å². The standard InChI is InChI=1S/C22H20FN5O4/c1-13-2-3-16(23)14(8-13)20-25-10-18-21(27-20)28(12-32-18)17-4-5-24-9-15(17)22(29)26-11-19-30-6-7-31-19/h2-5,8-10,19H,6-7,11-12H2,1H3,(H,26,29). The van der Waals surface area contributed by atoms with Gasteiger partial charge in [-0.25, -0.2) is 14.4 Å². The first kappa shape index (κ1) is 20.3. The number of aryl methyl sites for hydroxylation is 1. The number of anilines is 2. The molecule has 9 nitrogen and oxygen atoms in total. The third-order valence-electron chi connectivity index (χ3n) is 5.16. The van der Waals surface area contributed by atoms with Gasteiger partial charge in [0.05, 0.1) is 42.8 Å². The van der Waals surface area contributed by atoms with Gasteiger partial charge in [0.25, 0.3) is 5.91 Å². The number of carbonyl (C=O) groups is 1. The maximum atomic E-state index is 14.4. The van der Waals surface area contributed by atoms with Crippen molar-refractivity contribution in [3.63, 3.8) is 0 Å². The molecule has 5 rings (SSSR count). The van der Waals surface area contributed by atoms with Crippen LogP contribution < -0.4 is 15.0 Å². The number of benzene rings is 1. The van der Waals surface area contributed by atoms with Crippen LogP contribution in [-0.2, 0) is 9.47 Å². The number of pyridine rings is 1. The molecule has 0 radical (unpaired) electrons. The number of aromatic nitrogens is 3. The lowest BCUT2D eigenvalue weighted by atomic mass is 10.1. The van der Waals surface area contributed by atoms with Crippen LogP contribution in [0.2, 0.25) is 0 Å². The molecule has 32 heavy (non-hydrogen) atoms. The average molecular weight is 437 g/mol. The topological polar surface area (TPSA) is 98.7 Å². The third kappa shape index (κ3) is 3.85. The van der Waals surface area contributed by atoms with E-state index in [9.17, 15) is 9.18 Å². The lowest BCUT2D eigenvalue weighted by molar-refractivity contribution is -0.0379. The fourth-order valence-electron chi connectivity index (χ4n) is 3.57. The summed E-state index contributed by atoms with van der Waals surface area (Å²) in [7, 11) is 0. The number of amides is 1. The highest BCUT2D eigenvalue weighted by Crippen LogP contribution is 2.39. The summed E-state index contributed by atoms with van der Waals surface area (Å²) in [5.74, 6) is 0.369. The van der Waals surface area contributed by atoms with E-state index in [0.717, 1.165) is 5.56 Å². The Kier molecular flexibility index (Phi) is 5.38. The van der Waals surface area contributed by atoms with Gasteiger partial charge in [-0.15, -0.1) is 0 Å². The predicted molar refractivity (Wildman–Crippen MR) is 112 cm³/mol. The van der Waals surface area contributed by atoms with Crippen molar-refractivity contribution in [3.05, 3.63) is 59.8 Å². The smallest absolute Gasteiger partial charge is 0.255 e. The van der Waals surface area contributed by atoms with Gasteiger partial charge in [-0.05, 0) is 25.1 Å². The molecule has 2 aromatic heterocycles. The number of ether oxygens (including phenoxy) is 3. The molecule has 1 saturated heterocycles. The number of hydrogen-bond donors (Lipinski definition) is 1. The van der Waals surface area contributed by atoms with E-state index in [1.165, 1.54) is 18.5 Å². The minimum atomic E-state index is -0.463. The first-order valence-corrected chi connectivity index (χ1v) is 10.1. The van der Waals surface area contributed by atoms with Crippen LogP contribution in [-0.4, -0.2) is 53.6 Å². The van der Waals surface area contributed by atoms with E-state index >= 15 is 0 Å². The van der Waals surface area contributed by atoms with Gasteiger partial charge in [-0.1, -0.05) is 11.6 Å². The summed E-state index contributed by atoms with van der Waals surface area (Å²) >= 11 is 0. The lowest BCUT2D eigenvalue weighted by Gasteiger charge is -2.19. The Labute approximate surface area is 183 Å². The fraction of sp³-hybridized carbons (Fsp3) is 0.273. The van der Waals surface area contributed by atoms with Crippen molar-refractivity contribution >= 4 is 17.4 Å². The first-order valence-electron chi connectivity index (χ1n) is 10.1. The molecule has 10 heteroatoms. The van der Waals surface area contributed by atoms with Crippen molar-refractivity contribution in [2.45, 2.75) is 13.2 Å². The highest BCUT2D eigenvalue weighted by atomic mass is 19.1. The highest BCUT2D eigenvalue weighted by Gasteiger charge is 2.29. The molecule has 4 heterocycles. The molecular weight excluding hydrogens is 417 g/mol. The Morgan fingerprint density at radius 2 is 2.09 bits per heavy atom. The Hall–Kier alpha value is -3.63. The predicted octanol–water partition coefficient (Wildman–Crippen LogP) is 2.58. The van der Waals surface area contributed by atoms with Gasteiger partial charge in [0, 0.05) is 12.4 Å². The second-order valence-corrected chi connectivity index (χ2v) is 7.34. The van der Waals surface area contributed by atoms with Crippen LogP contribution in [0, 0.1) is 12.7 Å². The summed E-state index contributed by atoms with van der Waals surface area (Å²) in [5, 5.41) is 2.80. The van der Waals surface area contributed by atoms with Crippen LogP contribution in [0.5, 0.6) is 5.75 Å². The van der Waals surface area contributed by atoms with Crippen molar-refractivity contribution in [2.75, 3.05) is 31.4 Å². The zero-order chi connectivity index (χ0) is 22.1. The molecule has 0 spiro atoms. The monoisotopic (exact) mass is 437 g/mol. The molecule has 2 aliphatic heterocycles. The van der Waals surface area contributed by atoms with E-state index in [2.05, 4.69) is 20.3 Å². The molecular formula is C22H20FN5O4. The SMILES string of the molecule is Cc1ccc(F)c(-c2ncc3c(n2)N(c2ccncc2C(=O)NCC2OCCO2)CO3)c1. The van der Waals surface area contributed by atoms with Crippen molar-refractivity contribution in [3.8, 4) is 17.1 Å². The van der Waals surface area contributed by atoms with Gasteiger partial charge in [0.2, 0.25) is 0 Å². The lowest BCUT2D eigenvalue weighted by Crippen LogP contribution is -2.33. The Bertz CT molecular complexity index is 1170. The number of nitrogens with zero attached hydrogens (tertiary/aromatic N) is 4. The molecule has 3 aromatic rings. The second-order valence-electron chi connectivity index (χ2n) is 7.34. The van der Waals surface area contributed by atoms with Crippen LogP contribution in [0.15, 0.2) is 42.9 Å². The highest BCUT2D eigenvalue weighted by molar-refractivity contribution is 6.00. The summed E-state index contributed by atoms with van der Waals surface area (Å²) in [6, 6.07) is 6.46. The third-order valence-corrected chi connectivity index (χ3v) is 5.16. The number of halogens is 1. The number of rotatable bonds is 5. The first-order chi connectivity index (χ1) is 15.6. The molecule has 0 atom stereocenters.